The Bertz CT molecular complexity index is 1610. The van der Waals surface area contributed by atoms with Crippen molar-refractivity contribution in [2.75, 3.05) is 62.7 Å². The third-order valence-corrected chi connectivity index (χ3v) is 9.50. The second kappa shape index (κ2) is 13.3. The lowest BCUT2D eigenvalue weighted by Gasteiger charge is -2.41. The summed E-state index contributed by atoms with van der Waals surface area (Å²) in [4.78, 5) is 35.6. The van der Waals surface area contributed by atoms with E-state index in [0.717, 1.165) is 49.4 Å². The number of fused-ring (bicyclic) bond motifs is 2. The van der Waals surface area contributed by atoms with Gasteiger partial charge in [-0.05, 0) is 77.1 Å². The molecule has 2 saturated heterocycles. The standard InChI is InChI=1S/C36H47N7O3/c1-7-25-11-8-12-26-13-9-15-31(32(25)26)41-18-16-29-30(23-41)38-34(45-24-27-14-10-17-40(27)6)39-33(29)42-19-20-43(28(22-42)21-37-5)35(44)46-36(2,3)4/h8-9,11-13,15,27-28H,7,10,14,16-24H2,1-4,6H3/t27-,28-/m0/s1. The van der Waals surface area contributed by atoms with Gasteiger partial charge in [-0.2, -0.15) is 9.97 Å². The highest BCUT2D eigenvalue weighted by molar-refractivity contribution is 5.97. The zero-order valence-electron chi connectivity index (χ0n) is 28.0. The van der Waals surface area contributed by atoms with Crippen LogP contribution >= 0.6 is 0 Å². The lowest BCUT2D eigenvalue weighted by atomic mass is 9.98. The van der Waals surface area contributed by atoms with Gasteiger partial charge in [-0.1, -0.05) is 37.3 Å². The minimum atomic E-state index is -0.601. The van der Waals surface area contributed by atoms with E-state index in [9.17, 15) is 4.79 Å². The fourth-order valence-corrected chi connectivity index (χ4v) is 7.11. The number of hydrogen-bond donors (Lipinski definition) is 0. The molecule has 3 aliphatic heterocycles. The van der Waals surface area contributed by atoms with Crippen LogP contribution in [0.4, 0.5) is 16.3 Å². The minimum Gasteiger partial charge on any atom is -0.462 e. The molecule has 1 aromatic heterocycles. The van der Waals surface area contributed by atoms with Gasteiger partial charge in [0.2, 0.25) is 6.54 Å². The van der Waals surface area contributed by atoms with E-state index in [4.69, 9.17) is 26.0 Å². The Morgan fingerprint density at radius 3 is 2.57 bits per heavy atom. The summed E-state index contributed by atoms with van der Waals surface area (Å²) in [7, 11) is 2.15. The van der Waals surface area contributed by atoms with E-state index >= 15 is 0 Å². The van der Waals surface area contributed by atoms with Gasteiger partial charge in [0, 0.05) is 48.9 Å². The molecule has 0 saturated carbocycles. The Morgan fingerprint density at radius 2 is 1.85 bits per heavy atom. The molecule has 4 heterocycles. The fourth-order valence-electron chi connectivity index (χ4n) is 7.11. The lowest BCUT2D eigenvalue weighted by Crippen LogP contribution is -2.57. The van der Waals surface area contributed by atoms with E-state index in [1.54, 1.807) is 4.90 Å². The van der Waals surface area contributed by atoms with Crippen LogP contribution in [0.25, 0.3) is 15.6 Å². The van der Waals surface area contributed by atoms with Crippen molar-refractivity contribution in [1.29, 1.82) is 0 Å². The molecule has 0 N–H and O–H groups in total. The molecule has 46 heavy (non-hydrogen) atoms. The predicted molar refractivity (Wildman–Crippen MR) is 182 cm³/mol. The van der Waals surface area contributed by atoms with Crippen molar-refractivity contribution in [2.24, 2.45) is 0 Å². The first-order valence-electron chi connectivity index (χ1n) is 16.7. The molecule has 1 amide bonds. The van der Waals surface area contributed by atoms with Crippen LogP contribution in [-0.2, 0) is 24.1 Å². The van der Waals surface area contributed by atoms with Gasteiger partial charge in [0.05, 0.1) is 12.2 Å². The Kier molecular flexibility index (Phi) is 9.23. The number of amides is 1. The molecule has 3 aromatic rings. The first-order valence-corrected chi connectivity index (χ1v) is 16.7. The summed E-state index contributed by atoms with van der Waals surface area (Å²) < 4.78 is 12.1. The molecule has 6 rings (SSSR count). The number of piperazine rings is 1. The van der Waals surface area contributed by atoms with E-state index < -0.39 is 5.60 Å². The third-order valence-electron chi connectivity index (χ3n) is 9.50. The second-order valence-electron chi connectivity index (χ2n) is 13.8. The maximum atomic E-state index is 13.1. The summed E-state index contributed by atoms with van der Waals surface area (Å²) in [5, 5.41) is 2.57. The van der Waals surface area contributed by atoms with Crippen LogP contribution in [0, 0.1) is 6.57 Å². The molecule has 10 heteroatoms. The molecular formula is C36H47N7O3. The molecule has 3 aliphatic rings. The van der Waals surface area contributed by atoms with Gasteiger partial charge in [0.1, 0.15) is 24.1 Å². The van der Waals surface area contributed by atoms with Crippen LogP contribution in [0.1, 0.15) is 57.4 Å². The van der Waals surface area contributed by atoms with Gasteiger partial charge < -0.3 is 29.0 Å². The molecule has 0 bridgehead atoms. The highest BCUT2D eigenvalue weighted by Gasteiger charge is 2.37. The minimum absolute atomic E-state index is 0.203. The molecule has 2 aromatic carbocycles. The summed E-state index contributed by atoms with van der Waals surface area (Å²) in [5.74, 6) is 0.866. The predicted octanol–water partition coefficient (Wildman–Crippen LogP) is 5.57. The normalized spacial score (nSPS) is 20.5. The van der Waals surface area contributed by atoms with Crippen molar-refractivity contribution in [3.8, 4) is 6.01 Å². The van der Waals surface area contributed by atoms with E-state index in [1.165, 1.54) is 28.4 Å². The number of ether oxygens (including phenoxy) is 2. The van der Waals surface area contributed by atoms with Gasteiger partial charge in [-0.25, -0.2) is 11.4 Å². The smallest absolute Gasteiger partial charge is 0.410 e. The first kappa shape index (κ1) is 31.9. The summed E-state index contributed by atoms with van der Waals surface area (Å²) in [5.41, 5.74) is 4.09. The van der Waals surface area contributed by atoms with Crippen LogP contribution in [0.15, 0.2) is 36.4 Å². The Hall–Kier alpha value is -4.10. The number of carbonyl (C=O) groups is 1. The topological polar surface area (TPSA) is 78.6 Å². The summed E-state index contributed by atoms with van der Waals surface area (Å²) in [6.07, 6.45) is 3.67. The number of aryl methyl sites for hydroxylation is 1. The number of aromatic nitrogens is 2. The molecule has 2 atom stereocenters. The maximum Gasteiger partial charge on any atom is 0.410 e. The molecule has 0 radical (unpaired) electrons. The number of likely N-dealkylation sites (tertiary alicyclic amines) is 1. The second-order valence-corrected chi connectivity index (χ2v) is 13.8. The first-order chi connectivity index (χ1) is 22.1. The SMILES string of the molecule is [C-]#[N+]C[C@H]1CN(c2nc(OC[C@@H]3CCCN3C)nc3c2CCN(c2cccc4cccc(CC)c24)C3)CCN1C(=O)OC(C)(C)C. The molecule has 0 aliphatic carbocycles. The summed E-state index contributed by atoms with van der Waals surface area (Å²) in [6, 6.07) is 13.6. The highest BCUT2D eigenvalue weighted by Crippen LogP contribution is 2.36. The van der Waals surface area contributed by atoms with Crippen molar-refractivity contribution in [3.05, 3.63) is 64.6 Å². The number of rotatable bonds is 7. The Labute approximate surface area is 273 Å². The average molecular weight is 626 g/mol. The van der Waals surface area contributed by atoms with E-state index in [1.807, 2.05) is 20.8 Å². The number of likely N-dealkylation sites (N-methyl/N-ethyl adjacent to an activating group) is 1. The number of nitrogens with zero attached hydrogens (tertiary/aromatic N) is 7. The molecule has 0 spiro atoms. The van der Waals surface area contributed by atoms with Crippen molar-refractivity contribution in [2.45, 2.75) is 77.6 Å². The van der Waals surface area contributed by atoms with Crippen molar-refractivity contribution < 1.29 is 14.3 Å². The number of hydrogen-bond acceptors (Lipinski definition) is 8. The number of carbonyl (C=O) groups excluding carboxylic acids is 1. The zero-order valence-corrected chi connectivity index (χ0v) is 28.0. The third kappa shape index (κ3) is 6.70. The lowest BCUT2D eigenvalue weighted by molar-refractivity contribution is 0.0155. The van der Waals surface area contributed by atoms with Gasteiger partial charge >= 0.3 is 12.1 Å². The van der Waals surface area contributed by atoms with Crippen LogP contribution in [0.3, 0.4) is 0 Å². The highest BCUT2D eigenvalue weighted by atomic mass is 16.6. The van der Waals surface area contributed by atoms with Crippen LogP contribution in [0.5, 0.6) is 6.01 Å². The maximum absolute atomic E-state index is 13.1. The van der Waals surface area contributed by atoms with Crippen LogP contribution < -0.4 is 14.5 Å². The Balaban J connectivity index is 1.32. The van der Waals surface area contributed by atoms with Gasteiger partial charge in [0.15, 0.2) is 0 Å². The molecule has 244 valence electrons. The molecule has 2 fully saturated rings. The van der Waals surface area contributed by atoms with Gasteiger partial charge in [-0.15, -0.1) is 0 Å². The van der Waals surface area contributed by atoms with Gasteiger partial charge in [0.25, 0.3) is 0 Å². The molecule has 10 nitrogen and oxygen atoms in total. The largest absolute Gasteiger partial charge is 0.462 e. The van der Waals surface area contributed by atoms with Crippen LogP contribution in [-0.4, -0.2) is 96.5 Å². The van der Waals surface area contributed by atoms with Crippen molar-refractivity contribution in [3.63, 3.8) is 0 Å². The monoisotopic (exact) mass is 625 g/mol. The average Bonchev–Trinajstić information content (AvgIpc) is 3.46. The molecule has 0 unspecified atom stereocenters. The van der Waals surface area contributed by atoms with Crippen LogP contribution in [0.2, 0.25) is 0 Å². The quantitative estimate of drug-likeness (QED) is 0.316. The Morgan fingerprint density at radius 1 is 1.04 bits per heavy atom. The van der Waals surface area contributed by atoms with E-state index in [0.29, 0.717) is 44.8 Å². The van der Waals surface area contributed by atoms with E-state index in [2.05, 4.69) is 69.9 Å². The van der Waals surface area contributed by atoms with Crippen molar-refractivity contribution in [1.82, 2.24) is 19.8 Å². The number of anilines is 2. The van der Waals surface area contributed by atoms with Crippen molar-refractivity contribution >= 4 is 28.4 Å². The van der Waals surface area contributed by atoms with Gasteiger partial charge in [-0.3, -0.25) is 4.90 Å². The summed E-state index contributed by atoms with van der Waals surface area (Å²) in [6.45, 7) is 20.3. The zero-order chi connectivity index (χ0) is 32.4. The summed E-state index contributed by atoms with van der Waals surface area (Å²) >= 11 is 0. The number of benzene rings is 2. The molecular weight excluding hydrogens is 578 g/mol. The van der Waals surface area contributed by atoms with E-state index in [-0.39, 0.29) is 18.7 Å². The fraction of sp³-hybridized carbons (Fsp3) is 0.556.